The molecule has 1 atom stereocenters. The molecule has 5 heteroatoms. The molecule has 2 aromatic carbocycles. The maximum absolute atomic E-state index is 12.1. The summed E-state index contributed by atoms with van der Waals surface area (Å²) in [6.07, 6.45) is 0.577. The largest absolute Gasteiger partial charge is 0.324 e. The van der Waals surface area contributed by atoms with Crippen molar-refractivity contribution in [2.24, 2.45) is 0 Å². The fourth-order valence-electron chi connectivity index (χ4n) is 1.75. The van der Waals surface area contributed by atoms with Gasteiger partial charge in [0.2, 0.25) is 5.91 Å². The van der Waals surface area contributed by atoms with Gasteiger partial charge in [-0.25, -0.2) is 0 Å². The zero-order valence-electron chi connectivity index (χ0n) is 10.5. The Hall–Kier alpha value is -0.970. The summed E-state index contributed by atoms with van der Waals surface area (Å²) in [5, 5.41) is 2.97. The van der Waals surface area contributed by atoms with Gasteiger partial charge in [0.15, 0.2) is 0 Å². The van der Waals surface area contributed by atoms with Crippen molar-refractivity contribution in [3.8, 4) is 0 Å². The van der Waals surface area contributed by atoms with Gasteiger partial charge in [-0.2, -0.15) is 12.6 Å². The van der Waals surface area contributed by atoms with E-state index < -0.39 is 5.25 Å². The van der Waals surface area contributed by atoms with E-state index in [0.29, 0.717) is 21.6 Å². The minimum Gasteiger partial charge on any atom is -0.324 e. The Morgan fingerprint density at radius 2 is 1.90 bits per heavy atom. The highest BCUT2D eigenvalue weighted by Gasteiger charge is 2.16. The second kappa shape index (κ2) is 7.16. The highest BCUT2D eigenvalue weighted by molar-refractivity contribution is 9.10. The van der Waals surface area contributed by atoms with Gasteiger partial charge in [-0.1, -0.05) is 48.0 Å². The number of benzene rings is 2. The molecular weight excluding hydrogens is 358 g/mol. The van der Waals surface area contributed by atoms with Gasteiger partial charge >= 0.3 is 0 Å². The predicted molar refractivity (Wildman–Crippen MR) is 90.7 cm³/mol. The van der Waals surface area contributed by atoms with Gasteiger partial charge in [0.1, 0.15) is 0 Å². The molecule has 1 unspecified atom stereocenters. The molecule has 1 N–H and O–H groups in total. The van der Waals surface area contributed by atoms with Crippen LogP contribution in [0, 0.1) is 0 Å². The molecule has 0 bridgehead atoms. The van der Waals surface area contributed by atoms with Gasteiger partial charge in [0, 0.05) is 0 Å². The minimum absolute atomic E-state index is 0.153. The second-order valence-electron chi connectivity index (χ2n) is 4.30. The fourth-order valence-corrected chi connectivity index (χ4v) is 2.56. The minimum atomic E-state index is -0.414. The molecule has 2 nitrogen and oxygen atoms in total. The van der Waals surface area contributed by atoms with Gasteiger partial charge in [-0.15, -0.1) is 0 Å². The first-order valence-electron chi connectivity index (χ1n) is 6.05. The Kier molecular flexibility index (Phi) is 5.52. The first kappa shape index (κ1) is 15.4. The van der Waals surface area contributed by atoms with Crippen LogP contribution in [0.15, 0.2) is 53.0 Å². The molecule has 1 amide bonds. The number of nitrogens with one attached hydrogen (secondary N) is 1. The third kappa shape index (κ3) is 4.01. The molecule has 2 rings (SSSR count). The van der Waals surface area contributed by atoms with Crippen molar-refractivity contribution in [2.45, 2.75) is 11.7 Å². The lowest BCUT2D eigenvalue weighted by Crippen LogP contribution is -2.25. The number of rotatable bonds is 4. The van der Waals surface area contributed by atoms with Crippen LogP contribution < -0.4 is 5.32 Å². The van der Waals surface area contributed by atoms with Gasteiger partial charge in [0.25, 0.3) is 0 Å². The van der Waals surface area contributed by atoms with E-state index in [1.54, 1.807) is 18.2 Å². The Labute approximate surface area is 137 Å². The van der Waals surface area contributed by atoms with E-state index >= 15 is 0 Å². The lowest BCUT2D eigenvalue weighted by molar-refractivity contribution is -0.115. The van der Waals surface area contributed by atoms with Crippen molar-refractivity contribution >= 4 is 51.8 Å². The summed E-state index contributed by atoms with van der Waals surface area (Å²) in [7, 11) is 0. The lowest BCUT2D eigenvalue weighted by Gasteiger charge is -2.13. The number of anilines is 1. The summed E-state index contributed by atoms with van der Waals surface area (Å²) in [6, 6.07) is 15.1. The predicted octanol–water partition coefficient (Wildman–Crippen LogP) is 4.58. The summed E-state index contributed by atoms with van der Waals surface area (Å²) < 4.78 is 0.676. The third-order valence-corrected chi connectivity index (χ3v) is 4.60. The van der Waals surface area contributed by atoms with Crippen molar-refractivity contribution in [3.63, 3.8) is 0 Å². The number of carbonyl (C=O) groups is 1. The van der Waals surface area contributed by atoms with Crippen molar-refractivity contribution in [3.05, 3.63) is 63.6 Å². The van der Waals surface area contributed by atoms with Gasteiger partial charge < -0.3 is 5.32 Å². The van der Waals surface area contributed by atoms with E-state index in [4.69, 9.17) is 11.6 Å². The Morgan fingerprint density at radius 1 is 1.20 bits per heavy atom. The number of thiol groups is 1. The summed E-state index contributed by atoms with van der Waals surface area (Å²) in [6.45, 7) is 0. The number of amides is 1. The van der Waals surface area contributed by atoms with Crippen LogP contribution >= 0.6 is 40.2 Å². The van der Waals surface area contributed by atoms with Crippen molar-refractivity contribution in [2.75, 3.05) is 5.32 Å². The molecule has 0 aromatic heterocycles. The van der Waals surface area contributed by atoms with Crippen molar-refractivity contribution in [1.29, 1.82) is 0 Å². The topological polar surface area (TPSA) is 29.1 Å². The van der Waals surface area contributed by atoms with Crippen LogP contribution in [0.4, 0.5) is 5.69 Å². The molecular formula is C15H13BrClNOS. The maximum atomic E-state index is 12.1. The second-order valence-corrected chi connectivity index (χ2v) is 6.12. The molecule has 0 heterocycles. The van der Waals surface area contributed by atoms with Gasteiger partial charge in [-0.05, 0) is 40.0 Å². The Morgan fingerprint density at radius 3 is 2.60 bits per heavy atom. The summed E-state index contributed by atoms with van der Waals surface area (Å²) in [4.78, 5) is 12.1. The lowest BCUT2D eigenvalue weighted by atomic mass is 10.1. The number of carbonyl (C=O) groups excluding carboxylic acids is 1. The summed E-state index contributed by atoms with van der Waals surface area (Å²) in [5.41, 5.74) is 1.72. The molecule has 0 aliphatic rings. The quantitative estimate of drug-likeness (QED) is 0.758. The van der Waals surface area contributed by atoms with E-state index in [-0.39, 0.29) is 5.91 Å². The zero-order valence-corrected chi connectivity index (χ0v) is 13.8. The summed E-state index contributed by atoms with van der Waals surface area (Å²) in [5.74, 6) is -0.153. The summed E-state index contributed by atoms with van der Waals surface area (Å²) >= 11 is 13.7. The molecule has 0 radical (unpaired) electrons. The molecule has 0 aliphatic carbocycles. The Balaban J connectivity index is 2.03. The normalized spacial score (nSPS) is 11.9. The molecule has 20 heavy (non-hydrogen) atoms. The van der Waals surface area contributed by atoms with E-state index in [1.807, 2.05) is 30.3 Å². The molecule has 0 fully saturated rings. The van der Waals surface area contributed by atoms with Crippen molar-refractivity contribution in [1.82, 2.24) is 0 Å². The van der Waals surface area contributed by atoms with E-state index in [2.05, 4.69) is 33.9 Å². The SMILES string of the molecule is O=C(Nc1cccc(Cl)c1Br)C(S)Cc1ccccc1. The number of halogens is 2. The molecule has 0 spiro atoms. The van der Waals surface area contributed by atoms with Crippen LogP contribution in [0.2, 0.25) is 5.02 Å². The molecule has 0 saturated carbocycles. The van der Waals surface area contributed by atoms with E-state index in [9.17, 15) is 4.79 Å². The zero-order chi connectivity index (χ0) is 14.5. The van der Waals surface area contributed by atoms with E-state index in [1.165, 1.54) is 0 Å². The molecule has 0 aliphatic heterocycles. The van der Waals surface area contributed by atoms with Gasteiger partial charge in [-0.3, -0.25) is 4.79 Å². The van der Waals surface area contributed by atoms with Crippen LogP contribution in [-0.4, -0.2) is 11.2 Å². The number of hydrogen-bond acceptors (Lipinski definition) is 2. The molecule has 0 saturated heterocycles. The van der Waals surface area contributed by atoms with Crippen LogP contribution in [0.5, 0.6) is 0 Å². The monoisotopic (exact) mass is 369 g/mol. The van der Waals surface area contributed by atoms with Crippen LogP contribution in [0.25, 0.3) is 0 Å². The molecule has 2 aromatic rings. The van der Waals surface area contributed by atoms with Crippen LogP contribution in [0.3, 0.4) is 0 Å². The molecule has 104 valence electrons. The average Bonchev–Trinajstić information content (AvgIpc) is 2.45. The number of hydrogen-bond donors (Lipinski definition) is 2. The van der Waals surface area contributed by atoms with Gasteiger partial charge in [0.05, 0.1) is 20.4 Å². The third-order valence-electron chi connectivity index (χ3n) is 2.78. The smallest absolute Gasteiger partial charge is 0.237 e. The maximum Gasteiger partial charge on any atom is 0.237 e. The average molecular weight is 371 g/mol. The first-order chi connectivity index (χ1) is 9.58. The highest BCUT2D eigenvalue weighted by atomic mass is 79.9. The van der Waals surface area contributed by atoms with Crippen LogP contribution in [-0.2, 0) is 11.2 Å². The Bertz CT molecular complexity index is 606. The van der Waals surface area contributed by atoms with Crippen molar-refractivity contribution < 1.29 is 4.79 Å². The highest BCUT2D eigenvalue weighted by Crippen LogP contribution is 2.30. The fraction of sp³-hybridized carbons (Fsp3) is 0.133. The van der Waals surface area contributed by atoms with E-state index in [0.717, 1.165) is 5.56 Å². The van der Waals surface area contributed by atoms with Crippen LogP contribution in [0.1, 0.15) is 5.56 Å². The standard InChI is InChI=1S/C15H13BrClNOS/c16-14-11(17)7-4-8-12(14)18-15(19)13(20)9-10-5-2-1-3-6-10/h1-8,13,20H,9H2,(H,18,19). The first-order valence-corrected chi connectivity index (χ1v) is 7.73.